The molecule has 2 nitrogen and oxygen atoms in total. The summed E-state index contributed by atoms with van der Waals surface area (Å²) >= 11 is 0. The number of aliphatic hydroxyl groups excluding tert-OH is 1. The van der Waals surface area contributed by atoms with Crippen molar-refractivity contribution in [2.24, 2.45) is 5.92 Å². The lowest BCUT2D eigenvalue weighted by Crippen LogP contribution is -2.25. The van der Waals surface area contributed by atoms with Gasteiger partial charge in [0, 0.05) is 0 Å². The van der Waals surface area contributed by atoms with E-state index in [-0.39, 0.29) is 18.1 Å². The molecule has 0 heterocycles. The van der Waals surface area contributed by atoms with Gasteiger partial charge in [-0.3, -0.25) is 4.79 Å². The van der Waals surface area contributed by atoms with Crippen LogP contribution in [0, 0.1) is 18.3 Å². The van der Waals surface area contributed by atoms with Crippen LogP contribution in [-0.4, -0.2) is 17.0 Å². The van der Waals surface area contributed by atoms with E-state index in [0.717, 1.165) is 0 Å². The minimum absolute atomic E-state index is 0.0271. The van der Waals surface area contributed by atoms with Crippen molar-refractivity contribution >= 4 is 5.78 Å². The van der Waals surface area contributed by atoms with Gasteiger partial charge in [0.25, 0.3) is 0 Å². The molecule has 2 heteroatoms. The molecule has 0 fully saturated rings. The van der Waals surface area contributed by atoms with Gasteiger partial charge in [-0.05, 0) is 5.92 Å². The van der Waals surface area contributed by atoms with Crippen molar-refractivity contribution < 1.29 is 9.90 Å². The average Bonchev–Trinajstić information content (AvgIpc) is 1.87. The Kier molecular flexibility index (Phi) is 3.75. The minimum atomic E-state index is -0.893. The molecule has 0 aromatic rings. The molecule has 0 saturated carbocycles. The predicted octanol–water partition coefficient (Wildman–Crippen LogP) is 0.596. The third-order valence-corrected chi connectivity index (χ3v) is 1.24. The molecule has 56 valence electrons. The summed E-state index contributed by atoms with van der Waals surface area (Å²) in [7, 11) is 0. The van der Waals surface area contributed by atoms with Crippen LogP contribution in [0.2, 0.25) is 0 Å². The third-order valence-electron chi connectivity index (χ3n) is 1.24. The molecule has 10 heavy (non-hydrogen) atoms. The second-order valence-corrected chi connectivity index (χ2v) is 2.54. The zero-order valence-electron chi connectivity index (χ0n) is 6.29. The Morgan fingerprint density at radius 2 is 2.20 bits per heavy atom. The largest absolute Gasteiger partial charge is 0.385 e. The third kappa shape index (κ3) is 2.65. The zero-order valence-corrected chi connectivity index (χ0v) is 6.29. The normalized spacial score (nSPS) is 12.7. The molecule has 0 aliphatic rings. The Morgan fingerprint density at radius 1 is 1.70 bits per heavy atom. The van der Waals surface area contributed by atoms with Gasteiger partial charge in [-0.2, -0.15) is 0 Å². The first-order valence-electron chi connectivity index (χ1n) is 3.23. The Balaban J connectivity index is 3.85. The van der Waals surface area contributed by atoms with Gasteiger partial charge in [0.15, 0.2) is 5.78 Å². The van der Waals surface area contributed by atoms with Crippen molar-refractivity contribution in [1.29, 1.82) is 0 Å². The summed E-state index contributed by atoms with van der Waals surface area (Å²) in [4.78, 5) is 10.8. The topological polar surface area (TPSA) is 37.3 Å². The number of carbonyl (C=O) groups is 1. The van der Waals surface area contributed by atoms with Crippen molar-refractivity contribution in [3.63, 3.8) is 0 Å². The van der Waals surface area contributed by atoms with Crippen LogP contribution in [0.4, 0.5) is 0 Å². The zero-order chi connectivity index (χ0) is 8.15. The number of ketones is 1. The van der Waals surface area contributed by atoms with E-state index in [9.17, 15) is 4.79 Å². The first-order chi connectivity index (χ1) is 4.59. The maximum Gasteiger partial charge on any atom is 0.173 e. The Hall–Kier alpha value is -0.810. The fourth-order valence-electron chi connectivity index (χ4n) is 0.577. The van der Waals surface area contributed by atoms with Crippen molar-refractivity contribution in [1.82, 2.24) is 0 Å². The summed E-state index contributed by atoms with van der Waals surface area (Å²) in [5, 5.41) is 9.08. The molecule has 1 atom stereocenters. The van der Waals surface area contributed by atoms with E-state index >= 15 is 0 Å². The molecule has 1 N–H and O–H groups in total. The number of hydrogen-bond acceptors (Lipinski definition) is 2. The SMILES string of the molecule is C#CCC(=O)C(O)C(C)C. The van der Waals surface area contributed by atoms with Gasteiger partial charge in [-0.1, -0.05) is 19.8 Å². The molecule has 0 aromatic carbocycles. The van der Waals surface area contributed by atoms with Gasteiger partial charge in [0.05, 0.1) is 6.42 Å². The fourth-order valence-corrected chi connectivity index (χ4v) is 0.577. The number of hydrogen-bond donors (Lipinski definition) is 1. The molecule has 0 spiro atoms. The number of aliphatic hydroxyl groups is 1. The van der Waals surface area contributed by atoms with Crippen LogP contribution in [0.25, 0.3) is 0 Å². The highest BCUT2D eigenvalue weighted by molar-refractivity contribution is 5.85. The number of Topliss-reactive ketones (excluding diaryl/α,β-unsaturated/α-hetero) is 1. The molecule has 0 saturated heterocycles. The van der Waals surface area contributed by atoms with E-state index in [0.29, 0.717) is 0 Å². The smallest absolute Gasteiger partial charge is 0.173 e. The molecule has 0 aromatic heterocycles. The Bertz CT molecular complexity index is 153. The molecule has 0 amide bonds. The maximum absolute atomic E-state index is 10.8. The lowest BCUT2D eigenvalue weighted by molar-refractivity contribution is -0.128. The van der Waals surface area contributed by atoms with Gasteiger partial charge in [-0.25, -0.2) is 0 Å². The fraction of sp³-hybridized carbons (Fsp3) is 0.625. The predicted molar refractivity (Wildman–Crippen MR) is 39.3 cm³/mol. The van der Waals surface area contributed by atoms with E-state index in [1.165, 1.54) is 0 Å². The summed E-state index contributed by atoms with van der Waals surface area (Å²) in [5.41, 5.74) is 0. The van der Waals surface area contributed by atoms with Crippen LogP contribution >= 0.6 is 0 Å². The van der Waals surface area contributed by atoms with E-state index < -0.39 is 6.10 Å². The second kappa shape index (κ2) is 4.08. The minimum Gasteiger partial charge on any atom is -0.385 e. The number of carbonyl (C=O) groups excluding carboxylic acids is 1. The van der Waals surface area contributed by atoms with Crippen molar-refractivity contribution in [3.8, 4) is 12.3 Å². The van der Waals surface area contributed by atoms with Crippen LogP contribution < -0.4 is 0 Å². The van der Waals surface area contributed by atoms with Crippen LogP contribution in [0.1, 0.15) is 20.3 Å². The molecular weight excluding hydrogens is 128 g/mol. The van der Waals surface area contributed by atoms with E-state index in [1.807, 2.05) is 0 Å². The molecule has 1 unspecified atom stereocenters. The van der Waals surface area contributed by atoms with Crippen LogP contribution in [0.5, 0.6) is 0 Å². The van der Waals surface area contributed by atoms with Crippen molar-refractivity contribution in [3.05, 3.63) is 0 Å². The van der Waals surface area contributed by atoms with Crippen molar-refractivity contribution in [2.75, 3.05) is 0 Å². The summed E-state index contributed by atoms with van der Waals surface area (Å²) in [6.07, 6.45) is 4.02. The van der Waals surface area contributed by atoms with Crippen LogP contribution in [-0.2, 0) is 4.79 Å². The van der Waals surface area contributed by atoms with Gasteiger partial charge in [-0.15, -0.1) is 6.42 Å². The molecule has 0 rings (SSSR count). The standard InChI is InChI=1S/C8H12O2/c1-4-5-7(9)8(10)6(2)3/h1,6,8,10H,5H2,2-3H3. The lowest BCUT2D eigenvalue weighted by Gasteiger charge is -2.10. The van der Waals surface area contributed by atoms with E-state index in [2.05, 4.69) is 5.92 Å². The first kappa shape index (κ1) is 9.19. The van der Waals surface area contributed by atoms with Crippen LogP contribution in [0.15, 0.2) is 0 Å². The molecular formula is C8H12O2. The van der Waals surface area contributed by atoms with Gasteiger partial charge < -0.3 is 5.11 Å². The van der Waals surface area contributed by atoms with Crippen LogP contribution in [0.3, 0.4) is 0 Å². The Labute approximate surface area is 61.2 Å². The Morgan fingerprint density at radius 3 is 2.50 bits per heavy atom. The maximum atomic E-state index is 10.8. The quantitative estimate of drug-likeness (QED) is 0.583. The van der Waals surface area contributed by atoms with Crippen molar-refractivity contribution in [2.45, 2.75) is 26.4 Å². The van der Waals surface area contributed by atoms with E-state index in [4.69, 9.17) is 11.5 Å². The summed E-state index contributed by atoms with van der Waals surface area (Å²) in [6.45, 7) is 3.55. The molecule has 0 aliphatic heterocycles. The van der Waals surface area contributed by atoms with E-state index in [1.54, 1.807) is 13.8 Å². The monoisotopic (exact) mass is 140 g/mol. The first-order valence-corrected chi connectivity index (χ1v) is 3.23. The molecule has 0 aliphatic carbocycles. The van der Waals surface area contributed by atoms with Gasteiger partial charge in [0.2, 0.25) is 0 Å². The second-order valence-electron chi connectivity index (χ2n) is 2.54. The highest BCUT2D eigenvalue weighted by Crippen LogP contribution is 2.03. The number of terminal acetylenes is 1. The molecule has 0 bridgehead atoms. The number of rotatable bonds is 3. The highest BCUT2D eigenvalue weighted by atomic mass is 16.3. The van der Waals surface area contributed by atoms with Gasteiger partial charge >= 0.3 is 0 Å². The van der Waals surface area contributed by atoms with Gasteiger partial charge in [0.1, 0.15) is 6.10 Å². The highest BCUT2D eigenvalue weighted by Gasteiger charge is 2.16. The summed E-state index contributed by atoms with van der Waals surface area (Å²) in [5.74, 6) is 1.89. The summed E-state index contributed by atoms with van der Waals surface area (Å²) < 4.78 is 0. The summed E-state index contributed by atoms with van der Waals surface area (Å²) in [6, 6.07) is 0. The lowest BCUT2D eigenvalue weighted by atomic mass is 10.0. The average molecular weight is 140 g/mol. The molecule has 0 radical (unpaired) electrons.